The third-order valence-electron chi connectivity index (χ3n) is 5.18. The summed E-state index contributed by atoms with van der Waals surface area (Å²) < 4.78 is 66.6. The van der Waals surface area contributed by atoms with Gasteiger partial charge in [-0.15, -0.1) is 0 Å². The Balaban J connectivity index is 1.74. The molecular formula is C23H22FN3O4S2. The van der Waals surface area contributed by atoms with E-state index in [0.29, 0.717) is 23.4 Å². The fourth-order valence-electron chi connectivity index (χ4n) is 3.67. The van der Waals surface area contributed by atoms with Crippen molar-refractivity contribution in [3.63, 3.8) is 0 Å². The van der Waals surface area contributed by atoms with Crippen LogP contribution in [0.4, 0.5) is 10.1 Å². The highest BCUT2D eigenvalue weighted by Gasteiger charge is 2.37. The number of halogens is 1. The van der Waals surface area contributed by atoms with Gasteiger partial charge in [0, 0.05) is 12.1 Å². The highest BCUT2D eigenvalue weighted by atomic mass is 32.2. The SMILES string of the molecule is Cc1cccc(C2CC(c3ccc(NS(C)(=O)=O)cc3)=NN2S(=O)(=O)c2ccc(F)cc2)c1. The molecule has 0 radical (unpaired) electrons. The third kappa shape index (κ3) is 5.07. The first-order valence-electron chi connectivity index (χ1n) is 10.1. The zero-order valence-electron chi connectivity index (χ0n) is 17.9. The molecular weight excluding hydrogens is 465 g/mol. The highest BCUT2D eigenvalue weighted by Crippen LogP contribution is 2.37. The van der Waals surface area contributed by atoms with Crippen LogP contribution in [0.25, 0.3) is 0 Å². The second-order valence-electron chi connectivity index (χ2n) is 7.86. The Morgan fingerprint density at radius 1 is 0.970 bits per heavy atom. The fraction of sp³-hybridized carbons (Fsp3) is 0.174. The van der Waals surface area contributed by atoms with Crippen LogP contribution in [-0.4, -0.2) is 33.2 Å². The first-order chi connectivity index (χ1) is 15.5. The summed E-state index contributed by atoms with van der Waals surface area (Å²) in [6.45, 7) is 1.92. The summed E-state index contributed by atoms with van der Waals surface area (Å²) in [7, 11) is -7.47. The van der Waals surface area contributed by atoms with Gasteiger partial charge >= 0.3 is 0 Å². The molecule has 0 bridgehead atoms. The normalized spacial score (nSPS) is 16.5. The molecule has 0 spiro atoms. The van der Waals surface area contributed by atoms with Crippen LogP contribution in [0.15, 0.2) is 82.8 Å². The number of nitrogens with zero attached hydrogens (tertiary/aromatic N) is 2. The Labute approximate surface area is 192 Å². The third-order valence-corrected chi connectivity index (χ3v) is 7.48. The summed E-state index contributed by atoms with van der Waals surface area (Å²) in [6.07, 6.45) is 1.38. The lowest BCUT2D eigenvalue weighted by Gasteiger charge is -2.23. The molecule has 10 heteroatoms. The highest BCUT2D eigenvalue weighted by molar-refractivity contribution is 7.92. The van der Waals surface area contributed by atoms with Crippen LogP contribution in [-0.2, 0) is 20.0 Å². The molecule has 0 aromatic heterocycles. The van der Waals surface area contributed by atoms with Crippen LogP contribution in [0.3, 0.4) is 0 Å². The maximum atomic E-state index is 13.4. The quantitative estimate of drug-likeness (QED) is 0.568. The summed E-state index contributed by atoms with van der Waals surface area (Å²) in [5.41, 5.74) is 3.37. The van der Waals surface area contributed by atoms with E-state index >= 15 is 0 Å². The lowest BCUT2D eigenvalue weighted by atomic mass is 9.98. The zero-order chi connectivity index (χ0) is 23.8. The van der Waals surface area contributed by atoms with E-state index in [2.05, 4.69) is 9.82 Å². The molecule has 3 aromatic rings. The molecule has 33 heavy (non-hydrogen) atoms. The Morgan fingerprint density at radius 3 is 2.24 bits per heavy atom. The number of sulfonamides is 2. The van der Waals surface area contributed by atoms with E-state index in [4.69, 9.17) is 0 Å². The number of hydrogen-bond donors (Lipinski definition) is 1. The maximum Gasteiger partial charge on any atom is 0.279 e. The van der Waals surface area contributed by atoms with Crippen molar-refractivity contribution >= 4 is 31.4 Å². The van der Waals surface area contributed by atoms with Gasteiger partial charge in [-0.25, -0.2) is 12.8 Å². The van der Waals surface area contributed by atoms with E-state index in [0.717, 1.165) is 33.9 Å². The van der Waals surface area contributed by atoms with E-state index in [1.54, 1.807) is 24.3 Å². The minimum atomic E-state index is -4.05. The minimum absolute atomic E-state index is 0.0562. The lowest BCUT2D eigenvalue weighted by Crippen LogP contribution is -2.27. The standard InChI is InChI=1S/C23H22FN3O4S2/c1-16-4-3-5-18(14-16)23-15-22(17-6-10-20(11-7-17)26-32(2,28)29)25-27(23)33(30,31)21-12-8-19(24)9-13-21/h3-14,23,26H,15H2,1-2H3. The van der Waals surface area contributed by atoms with E-state index < -0.39 is 31.9 Å². The van der Waals surface area contributed by atoms with Gasteiger partial charge in [0.2, 0.25) is 10.0 Å². The lowest BCUT2D eigenvalue weighted by molar-refractivity contribution is 0.371. The van der Waals surface area contributed by atoms with Crippen molar-refractivity contribution in [1.82, 2.24) is 4.41 Å². The summed E-state index contributed by atoms with van der Waals surface area (Å²) >= 11 is 0. The number of rotatable bonds is 6. The zero-order valence-corrected chi connectivity index (χ0v) is 19.6. The van der Waals surface area contributed by atoms with Crippen LogP contribution in [0.1, 0.15) is 29.2 Å². The molecule has 172 valence electrons. The van der Waals surface area contributed by atoms with Crippen molar-refractivity contribution in [1.29, 1.82) is 0 Å². The topological polar surface area (TPSA) is 95.9 Å². The van der Waals surface area contributed by atoms with E-state index in [-0.39, 0.29) is 4.90 Å². The van der Waals surface area contributed by atoms with Crippen molar-refractivity contribution in [3.8, 4) is 0 Å². The molecule has 0 amide bonds. The first-order valence-corrected chi connectivity index (χ1v) is 13.4. The van der Waals surface area contributed by atoms with Gasteiger partial charge in [0.25, 0.3) is 10.0 Å². The minimum Gasteiger partial charge on any atom is -0.284 e. The van der Waals surface area contributed by atoms with Crippen molar-refractivity contribution in [2.75, 3.05) is 11.0 Å². The average Bonchev–Trinajstić information content (AvgIpc) is 3.20. The number of benzene rings is 3. The van der Waals surface area contributed by atoms with E-state index in [1.807, 2.05) is 31.2 Å². The number of nitrogens with one attached hydrogen (secondary N) is 1. The van der Waals surface area contributed by atoms with Crippen molar-refractivity contribution in [3.05, 3.63) is 95.3 Å². The molecule has 0 saturated carbocycles. The average molecular weight is 488 g/mol. The molecule has 1 heterocycles. The molecule has 3 aromatic carbocycles. The van der Waals surface area contributed by atoms with E-state index in [9.17, 15) is 21.2 Å². The van der Waals surface area contributed by atoms with Crippen LogP contribution in [0.2, 0.25) is 0 Å². The van der Waals surface area contributed by atoms with Gasteiger partial charge in [0.1, 0.15) is 5.82 Å². The van der Waals surface area contributed by atoms with Gasteiger partial charge in [0.05, 0.1) is 22.9 Å². The Morgan fingerprint density at radius 2 is 1.64 bits per heavy atom. The predicted molar refractivity (Wildman–Crippen MR) is 125 cm³/mol. The second kappa shape index (κ2) is 8.60. The van der Waals surface area contributed by atoms with Gasteiger partial charge in [0.15, 0.2) is 0 Å². The monoisotopic (exact) mass is 487 g/mol. The van der Waals surface area contributed by atoms with Gasteiger partial charge in [-0.3, -0.25) is 4.72 Å². The van der Waals surface area contributed by atoms with Crippen LogP contribution >= 0.6 is 0 Å². The molecule has 0 fully saturated rings. The van der Waals surface area contributed by atoms with Gasteiger partial charge in [-0.1, -0.05) is 42.0 Å². The van der Waals surface area contributed by atoms with Crippen molar-refractivity contribution < 1.29 is 21.2 Å². The molecule has 0 saturated heterocycles. The molecule has 1 aliphatic heterocycles. The van der Waals surface area contributed by atoms with Crippen molar-refractivity contribution in [2.24, 2.45) is 5.10 Å². The predicted octanol–water partition coefficient (Wildman–Crippen LogP) is 4.05. The van der Waals surface area contributed by atoms with Crippen LogP contribution in [0.5, 0.6) is 0 Å². The number of hydrazone groups is 1. The number of anilines is 1. The first kappa shape index (κ1) is 22.9. The molecule has 1 atom stereocenters. The summed E-state index contributed by atoms with van der Waals surface area (Å²) in [6, 6.07) is 18.2. The van der Waals surface area contributed by atoms with Crippen molar-refractivity contribution in [2.45, 2.75) is 24.3 Å². The number of hydrogen-bond acceptors (Lipinski definition) is 5. The maximum absolute atomic E-state index is 13.4. The second-order valence-corrected chi connectivity index (χ2v) is 11.4. The largest absolute Gasteiger partial charge is 0.284 e. The van der Waals surface area contributed by atoms with Gasteiger partial charge < -0.3 is 0 Å². The Kier molecular flexibility index (Phi) is 5.98. The molecule has 1 unspecified atom stereocenters. The van der Waals surface area contributed by atoms with Gasteiger partial charge in [-0.2, -0.15) is 17.9 Å². The van der Waals surface area contributed by atoms with Crippen LogP contribution < -0.4 is 4.72 Å². The molecule has 7 nitrogen and oxygen atoms in total. The molecule has 0 aliphatic carbocycles. The molecule has 1 aliphatic rings. The number of aryl methyl sites for hydroxylation is 1. The van der Waals surface area contributed by atoms with Gasteiger partial charge in [-0.05, 0) is 54.4 Å². The molecule has 4 rings (SSSR count). The summed E-state index contributed by atoms with van der Waals surface area (Å²) in [5, 5.41) is 4.45. The Hall–Kier alpha value is -3.24. The van der Waals surface area contributed by atoms with Crippen LogP contribution in [0, 0.1) is 12.7 Å². The summed E-state index contributed by atoms with van der Waals surface area (Å²) in [4.78, 5) is -0.0562. The summed E-state index contributed by atoms with van der Waals surface area (Å²) in [5.74, 6) is -0.530. The Bertz CT molecular complexity index is 1420. The molecule has 1 N–H and O–H groups in total. The fourth-order valence-corrected chi connectivity index (χ4v) is 5.67. The smallest absolute Gasteiger partial charge is 0.279 e. The van der Waals surface area contributed by atoms with E-state index in [1.165, 1.54) is 12.1 Å².